The number of hydrazone groups is 1. The van der Waals surface area contributed by atoms with Gasteiger partial charge < -0.3 is 33.6 Å². The van der Waals surface area contributed by atoms with Gasteiger partial charge in [-0.15, -0.1) is 5.10 Å². The van der Waals surface area contributed by atoms with Crippen LogP contribution in [0.4, 0.5) is 11.6 Å². The largest absolute Gasteiger partial charge is 0.382 e. The van der Waals surface area contributed by atoms with Crippen LogP contribution in [0.1, 0.15) is 49.5 Å². The maximum atomic E-state index is 12.2. The van der Waals surface area contributed by atoms with Crippen LogP contribution in [-0.4, -0.2) is 75.8 Å². The second-order valence-corrected chi connectivity index (χ2v) is 8.11. The summed E-state index contributed by atoms with van der Waals surface area (Å²) in [6, 6.07) is -0.00604. The fraction of sp³-hybridized carbons (Fsp3) is 0.579. The van der Waals surface area contributed by atoms with Gasteiger partial charge in [0.2, 0.25) is 11.9 Å². The first kappa shape index (κ1) is 26.9. The van der Waals surface area contributed by atoms with Crippen LogP contribution in [0.15, 0.2) is 10.1 Å². The van der Waals surface area contributed by atoms with E-state index in [0.29, 0.717) is 13.0 Å². The van der Waals surface area contributed by atoms with Gasteiger partial charge in [0.15, 0.2) is 28.4 Å². The van der Waals surface area contributed by atoms with Crippen molar-refractivity contribution in [2.45, 2.75) is 45.1 Å². The van der Waals surface area contributed by atoms with Crippen molar-refractivity contribution in [3.63, 3.8) is 0 Å². The number of amides is 2. The number of halogens is 1. The first-order chi connectivity index (χ1) is 16.1. The van der Waals surface area contributed by atoms with Crippen LogP contribution < -0.4 is 34.0 Å². The third kappa shape index (κ3) is 7.88. The van der Waals surface area contributed by atoms with E-state index in [1.807, 2.05) is 0 Å². The average molecular weight is 497 g/mol. The standard InChI is InChI=1S/C19H33ClN12O2/c1-2-12(33)32(30-18(23)24)11-5-9-31(10-6-11)8-4-3-7-26-19(25)29-17(34)13-15(21)28-16(22)14(20)27-13/h11H,2-10H2,1H3,(H4,21,22,28)(H4,23,24,30)(H3,25,26,29,34). The van der Waals surface area contributed by atoms with E-state index in [4.69, 9.17) is 40.3 Å². The molecule has 0 aliphatic carbocycles. The Morgan fingerprint density at radius 1 is 1.15 bits per heavy atom. The zero-order valence-electron chi connectivity index (χ0n) is 19.2. The summed E-state index contributed by atoms with van der Waals surface area (Å²) < 4.78 is 0. The fourth-order valence-electron chi connectivity index (χ4n) is 3.49. The molecule has 0 saturated carbocycles. The molecule has 0 spiro atoms. The van der Waals surface area contributed by atoms with E-state index in [1.165, 1.54) is 5.01 Å². The molecule has 0 atom stereocenters. The van der Waals surface area contributed by atoms with E-state index in [9.17, 15) is 9.59 Å². The van der Waals surface area contributed by atoms with Crippen LogP contribution in [0.2, 0.25) is 5.15 Å². The van der Waals surface area contributed by atoms with Crippen molar-refractivity contribution in [3.05, 3.63) is 10.8 Å². The summed E-state index contributed by atoms with van der Waals surface area (Å²) >= 11 is 5.78. The number of nitrogen functional groups attached to an aromatic ring is 2. The average Bonchev–Trinajstić information content (AvgIpc) is 2.79. The number of carbonyl (C=O) groups is 2. The maximum absolute atomic E-state index is 12.2. The highest BCUT2D eigenvalue weighted by Crippen LogP contribution is 2.19. The van der Waals surface area contributed by atoms with Crippen LogP contribution in [0, 0.1) is 0 Å². The Bertz CT molecular complexity index is 926. The molecule has 1 fully saturated rings. The first-order valence-corrected chi connectivity index (χ1v) is 11.3. The number of nitrogens with one attached hydrogen (secondary N) is 1. The lowest BCUT2D eigenvalue weighted by atomic mass is 10.0. The summed E-state index contributed by atoms with van der Waals surface area (Å²) in [5, 5.41) is 7.71. The van der Waals surface area contributed by atoms with E-state index in [2.05, 4.69) is 30.3 Å². The number of nitrogens with zero attached hydrogens (tertiary/aromatic N) is 6. The fourth-order valence-corrected chi connectivity index (χ4v) is 3.61. The number of hydrogen-bond donors (Lipinski definition) is 6. The van der Waals surface area contributed by atoms with E-state index < -0.39 is 5.91 Å². The normalized spacial score (nSPS) is 15.1. The molecule has 188 valence electrons. The Morgan fingerprint density at radius 3 is 2.44 bits per heavy atom. The molecule has 0 bridgehead atoms. The third-order valence-corrected chi connectivity index (χ3v) is 5.49. The van der Waals surface area contributed by atoms with E-state index in [1.54, 1.807) is 6.92 Å². The number of piperidine rings is 1. The molecule has 2 heterocycles. The number of guanidine groups is 2. The minimum Gasteiger partial charge on any atom is -0.382 e. The Kier molecular flexibility index (Phi) is 10.1. The predicted octanol–water partition coefficient (Wildman–Crippen LogP) is -0.989. The summed E-state index contributed by atoms with van der Waals surface area (Å²) in [4.78, 5) is 38.4. The van der Waals surface area contributed by atoms with Gasteiger partial charge in [-0.1, -0.05) is 18.5 Å². The van der Waals surface area contributed by atoms with Crippen LogP contribution >= 0.6 is 11.6 Å². The molecule has 2 amide bonds. The van der Waals surface area contributed by atoms with Gasteiger partial charge in [-0.2, -0.15) is 0 Å². The van der Waals surface area contributed by atoms with Crippen LogP contribution in [0.5, 0.6) is 0 Å². The molecule has 15 heteroatoms. The second kappa shape index (κ2) is 12.7. The molecule has 34 heavy (non-hydrogen) atoms. The highest BCUT2D eigenvalue weighted by molar-refractivity contribution is 6.31. The minimum absolute atomic E-state index is 0.00604. The van der Waals surface area contributed by atoms with Crippen molar-refractivity contribution in [2.75, 3.05) is 37.6 Å². The van der Waals surface area contributed by atoms with Crippen molar-refractivity contribution in [1.29, 1.82) is 0 Å². The molecule has 14 nitrogen and oxygen atoms in total. The molecule has 1 saturated heterocycles. The second-order valence-electron chi connectivity index (χ2n) is 7.75. The monoisotopic (exact) mass is 496 g/mol. The summed E-state index contributed by atoms with van der Waals surface area (Å²) in [6.07, 6.45) is 3.60. The number of nitrogens with two attached hydrogens (primary N) is 5. The van der Waals surface area contributed by atoms with Crippen molar-refractivity contribution in [2.24, 2.45) is 27.3 Å². The lowest BCUT2D eigenvalue weighted by molar-refractivity contribution is -0.134. The topological polar surface area (TPSA) is 233 Å². The van der Waals surface area contributed by atoms with Gasteiger partial charge in [0, 0.05) is 26.1 Å². The maximum Gasteiger partial charge on any atom is 0.280 e. The Hall–Kier alpha value is -3.39. The molecule has 1 aromatic rings. The highest BCUT2D eigenvalue weighted by atomic mass is 35.5. The van der Waals surface area contributed by atoms with Gasteiger partial charge in [-0.25, -0.2) is 15.0 Å². The van der Waals surface area contributed by atoms with Gasteiger partial charge in [-0.05, 0) is 32.2 Å². The molecule has 0 aromatic carbocycles. The van der Waals surface area contributed by atoms with Gasteiger partial charge >= 0.3 is 0 Å². The van der Waals surface area contributed by atoms with Gasteiger partial charge in [0.1, 0.15) is 0 Å². The molecule has 0 unspecified atom stereocenters. The number of aromatic nitrogens is 2. The van der Waals surface area contributed by atoms with Crippen molar-refractivity contribution < 1.29 is 9.59 Å². The summed E-state index contributed by atoms with van der Waals surface area (Å²) in [7, 11) is 0. The van der Waals surface area contributed by atoms with Crippen LogP contribution in [-0.2, 0) is 4.79 Å². The van der Waals surface area contributed by atoms with Gasteiger partial charge in [-0.3, -0.25) is 19.9 Å². The summed E-state index contributed by atoms with van der Waals surface area (Å²) in [6.45, 7) is 4.78. The van der Waals surface area contributed by atoms with Crippen LogP contribution in [0.25, 0.3) is 0 Å². The van der Waals surface area contributed by atoms with Gasteiger partial charge in [0.05, 0.1) is 6.04 Å². The van der Waals surface area contributed by atoms with Gasteiger partial charge in [0.25, 0.3) is 5.91 Å². The number of unbranched alkanes of at least 4 members (excludes halogenated alkanes) is 1. The quantitative estimate of drug-likeness (QED) is 0.106. The molecule has 2 rings (SSSR count). The molecular formula is C19H33ClN12O2. The molecule has 0 radical (unpaired) electrons. The number of hydrogen-bond acceptors (Lipinski definition) is 9. The third-order valence-electron chi connectivity index (χ3n) is 5.21. The zero-order chi connectivity index (χ0) is 25.3. The SMILES string of the molecule is CCC(=O)N(N=C(N)N)C1CCN(CCCCN=C(N)NC(=O)c2nc(Cl)c(N)nc2N)CC1. The number of aliphatic imine (C=N–C) groups is 1. The predicted molar refractivity (Wildman–Crippen MR) is 131 cm³/mol. The van der Waals surface area contributed by atoms with Crippen molar-refractivity contribution in [3.8, 4) is 0 Å². The molecule has 1 aromatic heterocycles. The first-order valence-electron chi connectivity index (χ1n) is 11.0. The zero-order valence-corrected chi connectivity index (χ0v) is 20.0. The Labute approximate surface area is 202 Å². The minimum atomic E-state index is -0.674. The Morgan fingerprint density at radius 2 is 1.82 bits per heavy atom. The molecule has 1 aliphatic rings. The summed E-state index contributed by atoms with van der Waals surface area (Å²) in [5.74, 6) is -1.16. The number of anilines is 2. The van der Waals surface area contributed by atoms with Crippen LogP contribution in [0.3, 0.4) is 0 Å². The number of carbonyl (C=O) groups excluding carboxylic acids is 2. The lowest BCUT2D eigenvalue weighted by Crippen LogP contribution is -2.46. The highest BCUT2D eigenvalue weighted by Gasteiger charge is 2.27. The Balaban J connectivity index is 1.72. The molecule has 11 N–H and O–H groups in total. The number of rotatable bonds is 9. The van der Waals surface area contributed by atoms with E-state index in [-0.39, 0.29) is 46.4 Å². The lowest BCUT2D eigenvalue weighted by Gasteiger charge is -2.36. The molecule has 1 aliphatic heterocycles. The van der Waals surface area contributed by atoms with Crippen molar-refractivity contribution >= 4 is 47.0 Å². The summed E-state index contributed by atoms with van der Waals surface area (Å²) in [5.41, 5.74) is 27.7. The molecular weight excluding hydrogens is 464 g/mol. The van der Waals surface area contributed by atoms with E-state index in [0.717, 1.165) is 45.3 Å². The number of likely N-dealkylation sites (tertiary alicyclic amines) is 1. The smallest absolute Gasteiger partial charge is 0.280 e. The van der Waals surface area contributed by atoms with E-state index >= 15 is 0 Å². The van der Waals surface area contributed by atoms with Crippen molar-refractivity contribution in [1.82, 2.24) is 25.2 Å².